The van der Waals surface area contributed by atoms with Gasteiger partial charge in [-0.3, -0.25) is 0 Å². The highest BCUT2D eigenvalue weighted by Gasteiger charge is 2.63. The van der Waals surface area contributed by atoms with Gasteiger partial charge >= 0.3 is 12.2 Å². The van der Waals surface area contributed by atoms with E-state index in [0.717, 1.165) is 31.4 Å². The molecule has 1 aromatic heterocycles. The van der Waals surface area contributed by atoms with Crippen molar-refractivity contribution in [2.45, 2.75) is 63.1 Å². The van der Waals surface area contributed by atoms with E-state index in [0.29, 0.717) is 29.2 Å². The second-order valence-corrected chi connectivity index (χ2v) is 9.78. The van der Waals surface area contributed by atoms with Crippen molar-refractivity contribution in [2.75, 3.05) is 24.7 Å². The van der Waals surface area contributed by atoms with Gasteiger partial charge in [0.2, 0.25) is 5.28 Å². The van der Waals surface area contributed by atoms with Gasteiger partial charge in [0.25, 0.3) is 0 Å². The van der Waals surface area contributed by atoms with Crippen molar-refractivity contribution < 1.29 is 22.7 Å². The Labute approximate surface area is 205 Å². The Bertz CT molecular complexity index is 1180. The standard InChI is InChI=1S/C23H26ClF3N6O2/c1-12(13-6-14(23(25,26)27)8-15(28)7-13)29-19-16-10-32(11-17(16)30-20(24)31-19)21(34)33-5-3-4-22(33)9-18(22)35-2/h6-8,12,18H,3-5,9-11,28H2,1-2H3,(H,29,30,31)/t12-,18?,22?/m1/s1. The summed E-state index contributed by atoms with van der Waals surface area (Å²) in [6.45, 7) is 2.94. The zero-order valence-corrected chi connectivity index (χ0v) is 20.1. The summed E-state index contributed by atoms with van der Waals surface area (Å²) in [5, 5.41) is 3.14. The molecule has 8 nitrogen and oxygen atoms in total. The SMILES string of the molecule is COC1CC12CCCN2C(=O)N1Cc2nc(Cl)nc(N[C@H](C)c3cc(N)cc(C(F)(F)F)c3)c2C1. The van der Waals surface area contributed by atoms with Crippen LogP contribution in [0.15, 0.2) is 18.2 Å². The van der Waals surface area contributed by atoms with Gasteiger partial charge in [-0.25, -0.2) is 14.8 Å². The Morgan fingerprint density at radius 1 is 1.31 bits per heavy atom. The molecule has 2 amide bonds. The van der Waals surface area contributed by atoms with Crippen molar-refractivity contribution in [1.82, 2.24) is 19.8 Å². The lowest BCUT2D eigenvalue weighted by Gasteiger charge is -2.30. The molecule has 1 saturated heterocycles. The number of fused-ring (bicyclic) bond motifs is 1. The van der Waals surface area contributed by atoms with Gasteiger partial charge < -0.3 is 25.6 Å². The molecule has 5 rings (SSSR count). The topological polar surface area (TPSA) is 96.6 Å². The molecule has 3 heterocycles. The first kappa shape index (κ1) is 23.9. The molecular formula is C23H26ClF3N6O2. The summed E-state index contributed by atoms with van der Waals surface area (Å²) >= 11 is 6.15. The predicted octanol–water partition coefficient (Wildman–Crippen LogP) is 4.59. The van der Waals surface area contributed by atoms with Crippen molar-refractivity contribution in [3.05, 3.63) is 45.9 Å². The van der Waals surface area contributed by atoms with Gasteiger partial charge in [-0.05, 0) is 55.1 Å². The lowest BCUT2D eigenvalue weighted by Crippen LogP contribution is -2.46. The fourth-order valence-electron chi connectivity index (χ4n) is 5.33. The largest absolute Gasteiger partial charge is 0.416 e. The average molecular weight is 511 g/mol. The van der Waals surface area contributed by atoms with Gasteiger partial charge in [0.15, 0.2) is 0 Å². The molecule has 12 heteroatoms. The van der Waals surface area contributed by atoms with Gasteiger partial charge in [0, 0.05) is 31.3 Å². The molecule has 2 fully saturated rings. The Kier molecular flexibility index (Phi) is 5.75. The number of nitrogens with zero attached hydrogens (tertiary/aromatic N) is 4. The molecule has 188 valence electrons. The molecule has 2 unspecified atom stereocenters. The Morgan fingerprint density at radius 3 is 2.77 bits per heavy atom. The van der Waals surface area contributed by atoms with E-state index in [1.807, 2.05) is 4.90 Å². The van der Waals surface area contributed by atoms with Crippen molar-refractivity contribution >= 4 is 29.1 Å². The van der Waals surface area contributed by atoms with Crippen molar-refractivity contribution in [1.29, 1.82) is 0 Å². The highest BCUT2D eigenvalue weighted by Crippen LogP contribution is 2.52. The van der Waals surface area contributed by atoms with Gasteiger partial charge in [0.1, 0.15) is 5.82 Å². The summed E-state index contributed by atoms with van der Waals surface area (Å²) in [5.41, 5.74) is 6.36. The van der Waals surface area contributed by atoms with E-state index in [2.05, 4.69) is 15.3 Å². The number of carbonyl (C=O) groups excluding carboxylic acids is 1. The van der Waals surface area contributed by atoms with Crippen LogP contribution in [0.4, 0.5) is 29.5 Å². The minimum atomic E-state index is -4.51. The van der Waals surface area contributed by atoms with Crippen LogP contribution in [-0.4, -0.2) is 51.1 Å². The quantitative estimate of drug-likeness (QED) is 0.461. The molecule has 1 spiro atoms. The summed E-state index contributed by atoms with van der Waals surface area (Å²) in [6.07, 6.45) is -1.76. The minimum absolute atomic E-state index is 0.00409. The number of rotatable bonds is 4. The number of likely N-dealkylation sites (tertiary alicyclic amines) is 1. The Hall–Kier alpha value is -2.79. The van der Waals surface area contributed by atoms with Crippen LogP contribution < -0.4 is 11.1 Å². The van der Waals surface area contributed by atoms with Crippen LogP contribution in [0.25, 0.3) is 0 Å². The number of aromatic nitrogens is 2. The maximum absolute atomic E-state index is 13.4. The summed E-state index contributed by atoms with van der Waals surface area (Å²) in [6, 6.07) is 2.80. The zero-order chi connectivity index (χ0) is 25.1. The van der Waals surface area contributed by atoms with Gasteiger partial charge in [0.05, 0.1) is 42.0 Å². The fourth-order valence-corrected chi connectivity index (χ4v) is 5.51. The number of urea groups is 1. The minimum Gasteiger partial charge on any atom is -0.399 e. The second-order valence-electron chi connectivity index (χ2n) is 9.44. The van der Waals surface area contributed by atoms with Crippen LogP contribution in [0.5, 0.6) is 0 Å². The van der Waals surface area contributed by atoms with Crippen molar-refractivity contribution in [3.63, 3.8) is 0 Å². The normalized spacial score (nSPS) is 24.1. The molecule has 0 radical (unpaired) electrons. The molecule has 3 aliphatic rings. The smallest absolute Gasteiger partial charge is 0.399 e. The number of ether oxygens (including phenoxy) is 1. The second kappa shape index (κ2) is 8.41. The van der Waals surface area contributed by atoms with E-state index in [4.69, 9.17) is 22.1 Å². The number of halogens is 4. The van der Waals surface area contributed by atoms with E-state index in [1.54, 1.807) is 18.9 Å². The highest BCUT2D eigenvalue weighted by atomic mass is 35.5. The predicted molar refractivity (Wildman–Crippen MR) is 124 cm³/mol. The molecule has 1 aliphatic carbocycles. The number of nitrogen functional groups attached to an aromatic ring is 1. The summed E-state index contributed by atoms with van der Waals surface area (Å²) < 4.78 is 45.3. The Morgan fingerprint density at radius 2 is 2.09 bits per heavy atom. The van der Waals surface area contributed by atoms with E-state index >= 15 is 0 Å². The number of methoxy groups -OCH3 is 1. The molecule has 3 N–H and O–H groups in total. The third-order valence-corrected chi connectivity index (χ3v) is 7.38. The number of alkyl halides is 3. The highest BCUT2D eigenvalue weighted by molar-refractivity contribution is 6.28. The van der Waals surface area contributed by atoms with Crippen LogP contribution in [-0.2, 0) is 24.0 Å². The van der Waals surface area contributed by atoms with Gasteiger partial charge in [-0.15, -0.1) is 0 Å². The molecular weight excluding hydrogens is 485 g/mol. The number of amides is 2. The number of carbonyl (C=O) groups is 1. The molecule has 2 aliphatic heterocycles. The van der Waals surface area contributed by atoms with Crippen LogP contribution in [0, 0.1) is 0 Å². The number of hydrogen-bond acceptors (Lipinski definition) is 6. The molecule has 0 bridgehead atoms. The molecule has 1 aromatic carbocycles. The maximum Gasteiger partial charge on any atom is 0.416 e. The van der Waals surface area contributed by atoms with E-state index in [9.17, 15) is 18.0 Å². The molecule has 35 heavy (non-hydrogen) atoms. The number of hydrogen-bond donors (Lipinski definition) is 2. The van der Waals surface area contributed by atoms with E-state index in [-0.39, 0.29) is 41.7 Å². The van der Waals surface area contributed by atoms with E-state index < -0.39 is 17.8 Å². The lowest BCUT2D eigenvalue weighted by atomic mass is 10.0. The van der Waals surface area contributed by atoms with Crippen LogP contribution in [0.1, 0.15) is 54.6 Å². The zero-order valence-electron chi connectivity index (χ0n) is 19.3. The Balaban J connectivity index is 1.36. The fraction of sp³-hybridized carbons (Fsp3) is 0.522. The summed E-state index contributed by atoms with van der Waals surface area (Å²) in [4.78, 5) is 25.6. The van der Waals surface area contributed by atoms with Gasteiger partial charge in [-0.2, -0.15) is 13.2 Å². The third kappa shape index (κ3) is 4.24. The van der Waals surface area contributed by atoms with Crippen LogP contribution >= 0.6 is 11.6 Å². The lowest BCUT2D eigenvalue weighted by molar-refractivity contribution is -0.137. The number of nitrogens with one attached hydrogen (secondary N) is 1. The molecule has 1 saturated carbocycles. The van der Waals surface area contributed by atoms with Crippen LogP contribution in [0.3, 0.4) is 0 Å². The monoisotopic (exact) mass is 510 g/mol. The van der Waals surface area contributed by atoms with E-state index in [1.165, 1.54) is 6.07 Å². The first-order chi connectivity index (χ1) is 16.5. The summed E-state index contributed by atoms with van der Waals surface area (Å²) in [7, 11) is 1.67. The third-order valence-electron chi connectivity index (χ3n) is 7.21. The average Bonchev–Trinajstić information content (AvgIpc) is 3.10. The summed E-state index contributed by atoms with van der Waals surface area (Å²) in [5.74, 6) is 0.385. The number of benzene rings is 1. The van der Waals surface area contributed by atoms with Crippen LogP contribution in [0.2, 0.25) is 5.28 Å². The number of anilines is 2. The van der Waals surface area contributed by atoms with Crippen molar-refractivity contribution in [3.8, 4) is 0 Å². The molecule has 3 atom stereocenters. The first-order valence-electron chi connectivity index (χ1n) is 11.4. The first-order valence-corrected chi connectivity index (χ1v) is 11.8. The van der Waals surface area contributed by atoms with Crippen molar-refractivity contribution in [2.24, 2.45) is 0 Å². The molecule has 2 aromatic rings. The maximum atomic E-state index is 13.4. The number of nitrogens with two attached hydrogens (primary N) is 1. The van der Waals surface area contributed by atoms with Gasteiger partial charge in [-0.1, -0.05) is 0 Å².